The number of carbonyl (C=O) groups excluding carboxylic acids is 2. The van der Waals surface area contributed by atoms with Crippen molar-refractivity contribution in [1.82, 2.24) is 5.32 Å². The lowest BCUT2D eigenvalue weighted by atomic mass is 10.1. The fourth-order valence-corrected chi connectivity index (χ4v) is 1.53. The Balaban J connectivity index is 2.36. The Labute approximate surface area is 120 Å². The van der Waals surface area contributed by atoms with Gasteiger partial charge < -0.3 is 14.5 Å². The van der Waals surface area contributed by atoms with Gasteiger partial charge in [-0.25, -0.2) is 4.79 Å². The maximum Gasteiger partial charge on any atom is 0.331 e. The zero-order valence-electron chi connectivity index (χ0n) is 11.0. The van der Waals surface area contributed by atoms with Gasteiger partial charge in [0.15, 0.2) is 11.3 Å². The number of furan rings is 1. The van der Waals surface area contributed by atoms with Crippen LogP contribution in [0.25, 0.3) is 6.08 Å². The van der Waals surface area contributed by atoms with Crippen molar-refractivity contribution in [2.45, 2.75) is 26.3 Å². The molecule has 5 nitrogen and oxygen atoms in total. The third-order valence-electron chi connectivity index (χ3n) is 1.84. The summed E-state index contributed by atoms with van der Waals surface area (Å²) in [6.45, 7) is 5.24. The van der Waals surface area contributed by atoms with Crippen molar-refractivity contribution < 1.29 is 18.7 Å². The van der Waals surface area contributed by atoms with E-state index in [-0.39, 0.29) is 18.1 Å². The van der Waals surface area contributed by atoms with Crippen LogP contribution in [0.3, 0.4) is 0 Å². The van der Waals surface area contributed by atoms with E-state index in [4.69, 9.17) is 9.15 Å². The zero-order valence-corrected chi connectivity index (χ0v) is 12.6. The molecule has 104 valence electrons. The van der Waals surface area contributed by atoms with Crippen molar-refractivity contribution in [3.05, 3.63) is 28.6 Å². The van der Waals surface area contributed by atoms with Crippen molar-refractivity contribution in [2.24, 2.45) is 0 Å². The topological polar surface area (TPSA) is 68.5 Å². The van der Waals surface area contributed by atoms with E-state index in [0.29, 0.717) is 10.4 Å². The van der Waals surface area contributed by atoms with Crippen LogP contribution in [-0.4, -0.2) is 24.0 Å². The molecule has 0 aromatic carbocycles. The molecule has 0 radical (unpaired) electrons. The normalized spacial score (nSPS) is 11.6. The molecule has 1 amide bonds. The lowest BCUT2D eigenvalue weighted by Crippen LogP contribution is -2.42. The molecular weight excluding hydrogens is 314 g/mol. The van der Waals surface area contributed by atoms with E-state index in [2.05, 4.69) is 21.2 Å². The highest BCUT2D eigenvalue weighted by Crippen LogP contribution is 2.14. The summed E-state index contributed by atoms with van der Waals surface area (Å²) in [7, 11) is 0. The quantitative estimate of drug-likeness (QED) is 0.680. The number of hydrogen-bond acceptors (Lipinski definition) is 4. The van der Waals surface area contributed by atoms with Gasteiger partial charge >= 0.3 is 5.97 Å². The van der Waals surface area contributed by atoms with Gasteiger partial charge in [0.05, 0.1) is 0 Å². The van der Waals surface area contributed by atoms with Gasteiger partial charge in [-0.2, -0.15) is 0 Å². The number of nitrogens with one attached hydrogen (secondary N) is 1. The molecule has 0 aliphatic carbocycles. The predicted molar refractivity (Wildman–Crippen MR) is 74.3 cm³/mol. The van der Waals surface area contributed by atoms with Gasteiger partial charge in [-0.15, -0.1) is 0 Å². The molecule has 1 heterocycles. The largest absolute Gasteiger partial charge is 0.452 e. The summed E-state index contributed by atoms with van der Waals surface area (Å²) in [5.41, 5.74) is -0.347. The summed E-state index contributed by atoms with van der Waals surface area (Å²) < 4.78 is 10.5. The van der Waals surface area contributed by atoms with Crippen LogP contribution < -0.4 is 5.32 Å². The molecule has 0 saturated heterocycles. The van der Waals surface area contributed by atoms with E-state index >= 15 is 0 Å². The Morgan fingerprint density at radius 1 is 1.42 bits per heavy atom. The first-order chi connectivity index (χ1) is 8.76. The van der Waals surface area contributed by atoms with Crippen LogP contribution >= 0.6 is 15.9 Å². The maximum absolute atomic E-state index is 11.4. The third kappa shape index (κ3) is 6.81. The van der Waals surface area contributed by atoms with Gasteiger partial charge in [0.1, 0.15) is 5.76 Å². The SMILES string of the molecule is CC(C)(C)NC(=O)COC(=O)/C=C/c1ccc(Br)o1. The molecular formula is C13H16BrNO4. The number of hydrogen-bond donors (Lipinski definition) is 1. The van der Waals surface area contributed by atoms with Crippen LogP contribution in [0.15, 0.2) is 27.3 Å². The maximum atomic E-state index is 11.4. The van der Waals surface area contributed by atoms with E-state index in [1.807, 2.05) is 20.8 Å². The van der Waals surface area contributed by atoms with Gasteiger partial charge in [-0.3, -0.25) is 4.79 Å². The molecule has 0 aliphatic rings. The van der Waals surface area contributed by atoms with Crippen molar-refractivity contribution >= 4 is 33.9 Å². The molecule has 1 aromatic heterocycles. The highest BCUT2D eigenvalue weighted by molar-refractivity contribution is 9.10. The summed E-state index contributed by atoms with van der Waals surface area (Å²) in [4.78, 5) is 22.8. The average Bonchev–Trinajstić information content (AvgIpc) is 2.67. The molecule has 1 rings (SSSR count). The molecule has 1 N–H and O–H groups in total. The molecule has 19 heavy (non-hydrogen) atoms. The van der Waals surface area contributed by atoms with Gasteiger partial charge in [0.25, 0.3) is 5.91 Å². The van der Waals surface area contributed by atoms with Crippen molar-refractivity contribution in [1.29, 1.82) is 0 Å². The number of halogens is 1. The Bertz CT molecular complexity index is 485. The number of amides is 1. The lowest BCUT2D eigenvalue weighted by molar-refractivity contribution is -0.144. The molecule has 0 aliphatic heterocycles. The average molecular weight is 330 g/mol. The van der Waals surface area contributed by atoms with E-state index in [1.165, 1.54) is 12.2 Å². The van der Waals surface area contributed by atoms with Crippen molar-refractivity contribution in [3.63, 3.8) is 0 Å². The minimum absolute atomic E-state index is 0.303. The Morgan fingerprint density at radius 3 is 2.63 bits per heavy atom. The first-order valence-corrected chi connectivity index (χ1v) is 6.47. The number of rotatable bonds is 4. The Hall–Kier alpha value is -1.56. The number of carbonyl (C=O) groups is 2. The Morgan fingerprint density at radius 2 is 2.11 bits per heavy atom. The zero-order chi connectivity index (χ0) is 14.5. The molecule has 0 unspecified atom stereocenters. The molecule has 1 aromatic rings. The first-order valence-electron chi connectivity index (χ1n) is 5.67. The number of esters is 1. The highest BCUT2D eigenvalue weighted by Gasteiger charge is 2.14. The molecule has 0 spiro atoms. The van der Waals surface area contributed by atoms with Gasteiger partial charge in [0, 0.05) is 11.6 Å². The van der Waals surface area contributed by atoms with Crippen molar-refractivity contribution in [2.75, 3.05) is 6.61 Å². The third-order valence-corrected chi connectivity index (χ3v) is 2.26. The second-order valence-electron chi connectivity index (χ2n) is 4.88. The van der Waals surface area contributed by atoms with Crippen LogP contribution in [-0.2, 0) is 14.3 Å². The van der Waals surface area contributed by atoms with Gasteiger partial charge in [-0.05, 0) is 54.9 Å². The minimum atomic E-state index is -0.600. The van der Waals surface area contributed by atoms with Gasteiger partial charge in [-0.1, -0.05) is 0 Å². The lowest BCUT2D eigenvalue weighted by Gasteiger charge is -2.20. The molecule has 6 heteroatoms. The van der Waals surface area contributed by atoms with Crippen LogP contribution in [0.2, 0.25) is 0 Å². The molecule has 0 fully saturated rings. The van der Waals surface area contributed by atoms with Crippen LogP contribution in [0, 0.1) is 0 Å². The fourth-order valence-electron chi connectivity index (χ4n) is 1.21. The molecule has 0 atom stereocenters. The summed E-state index contributed by atoms with van der Waals surface area (Å²) in [5, 5.41) is 2.69. The monoisotopic (exact) mass is 329 g/mol. The van der Waals surface area contributed by atoms with Gasteiger partial charge in [0.2, 0.25) is 0 Å². The van der Waals surface area contributed by atoms with E-state index in [1.54, 1.807) is 12.1 Å². The molecule has 0 saturated carbocycles. The van der Waals surface area contributed by atoms with E-state index in [9.17, 15) is 9.59 Å². The summed E-state index contributed by atoms with van der Waals surface area (Å²) in [6, 6.07) is 3.40. The summed E-state index contributed by atoms with van der Waals surface area (Å²) >= 11 is 3.15. The van der Waals surface area contributed by atoms with Crippen LogP contribution in [0.5, 0.6) is 0 Å². The second kappa shape index (κ2) is 6.56. The summed E-state index contributed by atoms with van der Waals surface area (Å²) in [6.07, 6.45) is 2.67. The minimum Gasteiger partial charge on any atom is -0.452 e. The smallest absolute Gasteiger partial charge is 0.331 e. The first kappa shape index (κ1) is 15.5. The standard InChI is InChI=1S/C13H16BrNO4/c1-13(2,3)15-11(16)8-18-12(17)7-5-9-4-6-10(14)19-9/h4-7H,8H2,1-3H3,(H,15,16)/b7-5+. The Kier molecular flexibility index (Phi) is 5.35. The fraction of sp³-hybridized carbons (Fsp3) is 0.385. The number of ether oxygens (including phenoxy) is 1. The highest BCUT2D eigenvalue weighted by atomic mass is 79.9. The van der Waals surface area contributed by atoms with Crippen LogP contribution in [0.4, 0.5) is 0 Å². The molecule has 0 bridgehead atoms. The predicted octanol–water partition coefficient (Wildman–Crippen LogP) is 2.51. The van der Waals surface area contributed by atoms with Crippen LogP contribution in [0.1, 0.15) is 26.5 Å². The van der Waals surface area contributed by atoms with E-state index in [0.717, 1.165) is 0 Å². The summed E-state index contributed by atoms with van der Waals surface area (Å²) in [5.74, 6) is -0.422. The van der Waals surface area contributed by atoms with E-state index < -0.39 is 5.97 Å². The second-order valence-corrected chi connectivity index (χ2v) is 5.66. The van der Waals surface area contributed by atoms with Crippen molar-refractivity contribution in [3.8, 4) is 0 Å².